The van der Waals surface area contributed by atoms with Gasteiger partial charge in [-0.25, -0.2) is 4.79 Å². The number of aromatic nitrogens is 2. The maximum atomic E-state index is 13.2. The summed E-state index contributed by atoms with van der Waals surface area (Å²) in [5.74, 6) is -1.82. The molecule has 4 aromatic rings. The SMILES string of the molecule is CC(C)c1ccc(/C=C2\Oc3c(ccc(O)c3C(CC(=O)O)c3ccc4c(c3)n(C)c(=O)n4C)C2=O)cc1. The Labute approximate surface area is 219 Å². The van der Waals surface area contributed by atoms with E-state index in [0.717, 1.165) is 5.56 Å². The average molecular weight is 513 g/mol. The number of carbonyl (C=O) groups excluding carboxylic acids is 1. The second-order valence-corrected chi connectivity index (χ2v) is 9.94. The van der Waals surface area contributed by atoms with E-state index in [9.17, 15) is 24.6 Å². The number of aliphatic carboxylic acids is 1. The summed E-state index contributed by atoms with van der Waals surface area (Å²) >= 11 is 0. The molecular formula is C30H28N2O6. The summed E-state index contributed by atoms with van der Waals surface area (Å²) in [6.45, 7) is 4.20. The third-order valence-electron chi connectivity index (χ3n) is 7.18. The van der Waals surface area contributed by atoms with Gasteiger partial charge in [0.15, 0.2) is 5.76 Å². The molecule has 0 saturated carbocycles. The first-order chi connectivity index (χ1) is 18.1. The molecule has 0 saturated heterocycles. The Morgan fingerprint density at radius 3 is 2.26 bits per heavy atom. The molecule has 0 aliphatic carbocycles. The van der Waals surface area contributed by atoms with Crippen LogP contribution in [0.25, 0.3) is 17.1 Å². The number of imidazole rings is 1. The normalized spacial score (nSPS) is 14.8. The summed E-state index contributed by atoms with van der Waals surface area (Å²) in [5.41, 5.74) is 4.11. The average Bonchev–Trinajstić information content (AvgIpc) is 3.31. The van der Waals surface area contributed by atoms with Gasteiger partial charge in [0.25, 0.3) is 0 Å². The molecule has 2 N–H and O–H groups in total. The van der Waals surface area contributed by atoms with Crippen LogP contribution in [-0.4, -0.2) is 31.1 Å². The van der Waals surface area contributed by atoms with Gasteiger partial charge in [0, 0.05) is 25.6 Å². The van der Waals surface area contributed by atoms with Crippen molar-refractivity contribution >= 4 is 28.9 Å². The molecule has 1 aliphatic heterocycles. The third kappa shape index (κ3) is 4.18. The smallest absolute Gasteiger partial charge is 0.328 e. The number of Topliss-reactive ketones (excluding diaryl/α,β-unsaturated/α-hetero) is 1. The molecular weight excluding hydrogens is 484 g/mol. The second-order valence-electron chi connectivity index (χ2n) is 9.94. The lowest BCUT2D eigenvalue weighted by Gasteiger charge is -2.20. The van der Waals surface area contributed by atoms with Crippen molar-refractivity contribution in [3.05, 3.63) is 98.7 Å². The number of aryl methyl sites for hydroxylation is 2. The summed E-state index contributed by atoms with van der Waals surface area (Å²) in [4.78, 5) is 37.6. The molecule has 0 bridgehead atoms. The predicted octanol–water partition coefficient (Wildman–Crippen LogP) is 4.93. The number of hydrogen-bond donors (Lipinski definition) is 2. The summed E-state index contributed by atoms with van der Waals surface area (Å²) in [6.07, 6.45) is 1.29. The van der Waals surface area contributed by atoms with Crippen molar-refractivity contribution in [1.29, 1.82) is 0 Å². The highest BCUT2D eigenvalue weighted by atomic mass is 16.5. The fourth-order valence-corrected chi connectivity index (χ4v) is 5.03. The van der Waals surface area contributed by atoms with Crippen molar-refractivity contribution in [2.24, 2.45) is 14.1 Å². The van der Waals surface area contributed by atoms with Gasteiger partial charge in [-0.15, -0.1) is 0 Å². The van der Waals surface area contributed by atoms with Crippen LogP contribution < -0.4 is 10.4 Å². The number of allylic oxidation sites excluding steroid dienone is 1. The van der Waals surface area contributed by atoms with Crippen LogP contribution in [0, 0.1) is 0 Å². The number of rotatable bonds is 6. The molecule has 0 amide bonds. The Morgan fingerprint density at radius 1 is 0.947 bits per heavy atom. The number of phenolic OH excluding ortho intramolecular Hbond substituents is 1. The van der Waals surface area contributed by atoms with Crippen LogP contribution in [0.2, 0.25) is 0 Å². The van der Waals surface area contributed by atoms with Gasteiger partial charge in [-0.05, 0) is 52.9 Å². The number of hydrogen-bond acceptors (Lipinski definition) is 5. The van der Waals surface area contributed by atoms with E-state index in [-0.39, 0.29) is 46.3 Å². The molecule has 1 atom stereocenters. The lowest BCUT2D eigenvalue weighted by atomic mass is 9.86. The summed E-state index contributed by atoms with van der Waals surface area (Å²) < 4.78 is 9.02. The van der Waals surface area contributed by atoms with E-state index in [1.54, 1.807) is 38.4 Å². The number of nitrogens with zero attached hydrogens (tertiary/aromatic N) is 2. The standard InChI is InChI=1S/C30H28N2O6/c1-16(2)18-7-5-17(6-8-18)13-25-28(36)20-10-12-24(33)27(29(20)38-25)21(15-26(34)35)19-9-11-22-23(14-19)32(4)30(37)31(22)3/h5-14,16,21,33H,15H2,1-4H3,(H,34,35)/b25-13-. The first-order valence-corrected chi connectivity index (χ1v) is 12.3. The van der Waals surface area contributed by atoms with Gasteiger partial charge in [0.2, 0.25) is 5.78 Å². The molecule has 2 heterocycles. The largest absolute Gasteiger partial charge is 0.508 e. The van der Waals surface area contributed by atoms with Gasteiger partial charge in [-0.1, -0.05) is 44.2 Å². The Hall–Kier alpha value is -4.59. The summed E-state index contributed by atoms with van der Waals surface area (Å²) in [7, 11) is 3.31. The van der Waals surface area contributed by atoms with Crippen LogP contribution in [0.1, 0.15) is 64.7 Å². The van der Waals surface area contributed by atoms with Gasteiger partial charge < -0.3 is 14.9 Å². The van der Waals surface area contributed by atoms with Crippen molar-refractivity contribution in [1.82, 2.24) is 9.13 Å². The minimum atomic E-state index is -1.08. The number of aromatic hydroxyl groups is 1. The van der Waals surface area contributed by atoms with E-state index in [1.807, 2.05) is 24.3 Å². The van der Waals surface area contributed by atoms with Crippen molar-refractivity contribution in [2.45, 2.75) is 32.1 Å². The quantitative estimate of drug-likeness (QED) is 0.355. The van der Waals surface area contributed by atoms with Crippen molar-refractivity contribution < 1.29 is 24.5 Å². The Kier molecular flexibility index (Phi) is 6.18. The van der Waals surface area contributed by atoms with Crippen molar-refractivity contribution in [3.63, 3.8) is 0 Å². The molecule has 1 unspecified atom stereocenters. The zero-order valence-corrected chi connectivity index (χ0v) is 21.6. The fourth-order valence-electron chi connectivity index (χ4n) is 5.03. The Bertz CT molecular complexity index is 1690. The first-order valence-electron chi connectivity index (χ1n) is 12.3. The molecule has 3 aromatic carbocycles. The van der Waals surface area contributed by atoms with Crippen molar-refractivity contribution in [3.8, 4) is 11.5 Å². The number of benzene rings is 3. The van der Waals surface area contributed by atoms with Crippen LogP contribution in [-0.2, 0) is 18.9 Å². The second kappa shape index (κ2) is 9.37. The van der Waals surface area contributed by atoms with E-state index in [0.29, 0.717) is 22.5 Å². The number of ether oxygens (including phenoxy) is 1. The number of carboxylic acids is 1. The van der Waals surface area contributed by atoms with Crippen LogP contribution in [0.4, 0.5) is 0 Å². The number of carboxylic acid groups (broad SMARTS) is 1. The molecule has 8 nitrogen and oxygen atoms in total. The van der Waals surface area contributed by atoms with Crippen LogP contribution in [0.15, 0.2) is 65.2 Å². The highest BCUT2D eigenvalue weighted by Gasteiger charge is 2.35. The molecule has 0 spiro atoms. The van der Waals surface area contributed by atoms with Gasteiger partial charge in [0.05, 0.1) is 23.0 Å². The number of carbonyl (C=O) groups is 2. The zero-order valence-electron chi connectivity index (χ0n) is 21.6. The fraction of sp³-hybridized carbons (Fsp3) is 0.233. The molecule has 0 fully saturated rings. The van der Waals surface area contributed by atoms with Gasteiger partial charge in [0.1, 0.15) is 11.5 Å². The molecule has 8 heteroatoms. The van der Waals surface area contributed by atoms with E-state index in [4.69, 9.17) is 4.74 Å². The maximum Gasteiger partial charge on any atom is 0.328 e. The zero-order chi connectivity index (χ0) is 27.3. The number of fused-ring (bicyclic) bond motifs is 2. The lowest BCUT2D eigenvalue weighted by Crippen LogP contribution is -2.19. The highest BCUT2D eigenvalue weighted by Crippen LogP contribution is 2.46. The van der Waals surface area contributed by atoms with E-state index in [2.05, 4.69) is 13.8 Å². The number of phenols is 1. The van der Waals surface area contributed by atoms with E-state index < -0.39 is 11.9 Å². The van der Waals surface area contributed by atoms with E-state index >= 15 is 0 Å². The molecule has 1 aromatic heterocycles. The van der Waals surface area contributed by atoms with Gasteiger partial charge in [-0.2, -0.15) is 0 Å². The Morgan fingerprint density at radius 2 is 1.61 bits per heavy atom. The topological polar surface area (TPSA) is 111 Å². The van der Waals surface area contributed by atoms with Gasteiger partial charge in [-0.3, -0.25) is 18.7 Å². The monoisotopic (exact) mass is 512 g/mol. The van der Waals surface area contributed by atoms with Gasteiger partial charge >= 0.3 is 11.7 Å². The molecule has 194 valence electrons. The van der Waals surface area contributed by atoms with E-state index in [1.165, 1.54) is 26.8 Å². The predicted molar refractivity (Wildman–Crippen MR) is 144 cm³/mol. The van der Waals surface area contributed by atoms with Crippen LogP contribution in [0.5, 0.6) is 11.5 Å². The molecule has 0 radical (unpaired) electrons. The summed E-state index contributed by atoms with van der Waals surface area (Å²) in [5, 5.41) is 20.7. The Balaban J connectivity index is 1.61. The van der Waals surface area contributed by atoms with Crippen LogP contribution in [0.3, 0.4) is 0 Å². The highest BCUT2D eigenvalue weighted by molar-refractivity contribution is 6.15. The third-order valence-corrected chi connectivity index (χ3v) is 7.18. The minimum Gasteiger partial charge on any atom is -0.508 e. The molecule has 1 aliphatic rings. The maximum absolute atomic E-state index is 13.2. The summed E-state index contributed by atoms with van der Waals surface area (Å²) in [6, 6.07) is 15.9. The lowest BCUT2D eigenvalue weighted by molar-refractivity contribution is -0.137. The molecule has 38 heavy (non-hydrogen) atoms. The number of ketones is 1. The van der Waals surface area contributed by atoms with Crippen LogP contribution >= 0.6 is 0 Å². The minimum absolute atomic E-state index is 0.0964. The molecule has 5 rings (SSSR count). The van der Waals surface area contributed by atoms with Crippen molar-refractivity contribution in [2.75, 3.05) is 0 Å². The first kappa shape index (κ1) is 25.1.